The van der Waals surface area contributed by atoms with Crippen molar-refractivity contribution in [3.63, 3.8) is 0 Å². The zero-order valence-electron chi connectivity index (χ0n) is 14.3. The summed E-state index contributed by atoms with van der Waals surface area (Å²) in [5.74, 6) is 1.22. The maximum atomic E-state index is 12.3. The molecule has 3 aromatic rings. The predicted molar refractivity (Wildman–Crippen MR) is 90.8 cm³/mol. The third kappa shape index (κ3) is 3.68. The Bertz CT molecular complexity index is 851. The quantitative estimate of drug-likeness (QED) is 0.740. The van der Waals surface area contributed by atoms with Crippen LogP contribution in [0, 0.1) is 13.8 Å². The van der Waals surface area contributed by atoms with Crippen molar-refractivity contribution >= 4 is 11.6 Å². The van der Waals surface area contributed by atoms with Crippen LogP contribution in [0.1, 0.15) is 23.4 Å². The molecule has 0 aliphatic heterocycles. The fraction of sp³-hybridized carbons (Fsp3) is 0.294. The summed E-state index contributed by atoms with van der Waals surface area (Å²) < 4.78 is 12.2. The van der Waals surface area contributed by atoms with E-state index in [-0.39, 0.29) is 5.91 Å². The zero-order chi connectivity index (χ0) is 17.8. The first-order valence-corrected chi connectivity index (χ1v) is 7.83. The van der Waals surface area contributed by atoms with Gasteiger partial charge in [0.1, 0.15) is 24.2 Å². The minimum Gasteiger partial charge on any atom is -0.495 e. The van der Waals surface area contributed by atoms with E-state index in [4.69, 9.17) is 9.26 Å². The summed E-state index contributed by atoms with van der Waals surface area (Å²) in [6, 6.07) is 5.47. The maximum absolute atomic E-state index is 12.3. The lowest BCUT2D eigenvalue weighted by molar-refractivity contribution is -0.116. The van der Waals surface area contributed by atoms with Crippen LogP contribution < -0.4 is 10.1 Å². The highest BCUT2D eigenvalue weighted by atomic mass is 16.5. The van der Waals surface area contributed by atoms with Crippen molar-refractivity contribution in [3.05, 3.63) is 47.9 Å². The van der Waals surface area contributed by atoms with Gasteiger partial charge in [-0.25, -0.2) is 0 Å². The Morgan fingerprint density at radius 1 is 1.28 bits per heavy atom. The predicted octanol–water partition coefficient (Wildman–Crippen LogP) is 2.45. The Hall–Kier alpha value is -3.16. The molecule has 0 radical (unpaired) electrons. The summed E-state index contributed by atoms with van der Waals surface area (Å²) in [4.78, 5) is 12.3. The van der Waals surface area contributed by atoms with Crippen molar-refractivity contribution in [2.75, 3.05) is 12.4 Å². The van der Waals surface area contributed by atoms with Gasteiger partial charge in [-0.15, -0.1) is 10.2 Å². The molecule has 1 N–H and O–H groups in total. The van der Waals surface area contributed by atoms with Gasteiger partial charge in [-0.2, -0.15) is 0 Å². The standard InChI is InChI=1S/C17H19N5O3/c1-11-14(12(2)25-21-11)5-7-17(23)20-15-8-13(4-6-16(15)24-3)22-9-18-19-10-22/h4,6,8-10H,5,7H2,1-3H3,(H,20,23). The Morgan fingerprint density at radius 3 is 2.68 bits per heavy atom. The lowest BCUT2D eigenvalue weighted by atomic mass is 10.1. The molecule has 0 saturated heterocycles. The van der Waals surface area contributed by atoms with Crippen LogP contribution in [0.15, 0.2) is 35.4 Å². The summed E-state index contributed by atoms with van der Waals surface area (Å²) in [5.41, 5.74) is 3.21. The van der Waals surface area contributed by atoms with Crippen molar-refractivity contribution in [2.24, 2.45) is 0 Å². The van der Waals surface area contributed by atoms with Gasteiger partial charge in [0.25, 0.3) is 0 Å². The number of methoxy groups -OCH3 is 1. The van der Waals surface area contributed by atoms with Gasteiger partial charge in [0, 0.05) is 12.0 Å². The number of anilines is 1. The first kappa shape index (κ1) is 16.7. The molecular weight excluding hydrogens is 322 g/mol. The van der Waals surface area contributed by atoms with Crippen LogP contribution in [-0.2, 0) is 11.2 Å². The molecule has 8 heteroatoms. The minimum absolute atomic E-state index is 0.112. The normalized spacial score (nSPS) is 10.7. The summed E-state index contributed by atoms with van der Waals surface area (Å²) in [6.07, 6.45) is 4.07. The number of hydrogen-bond acceptors (Lipinski definition) is 6. The zero-order valence-corrected chi connectivity index (χ0v) is 14.3. The van der Waals surface area contributed by atoms with Crippen LogP contribution in [0.2, 0.25) is 0 Å². The van der Waals surface area contributed by atoms with Crippen LogP contribution in [-0.4, -0.2) is 32.9 Å². The number of hydrogen-bond donors (Lipinski definition) is 1. The molecule has 8 nitrogen and oxygen atoms in total. The van der Waals surface area contributed by atoms with Gasteiger partial charge in [-0.1, -0.05) is 5.16 Å². The molecule has 0 atom stereocenters. The van der Waals surface area contributed by atoms with Crippen molar-refractivity contribution in [1.82, 2.24) is 19.9 Å². The molecular formula is C17H19N5O3. The van der Waals surface area contributed by atoms with Crippen molar-refractivity contribution in [3.8, 4) is 11.4 Å². The number of rotatable bonds is 6. The fourth-order valence-corrected chi connectivity index (χ4v) is 2.60. The third-order valence-electron chi connectivity index (χ3n) is 3.96. The molecule has 1 aromatic carbocycles. The number of amides is 1. The van der Waals surface area contributed by atoms with E-state index in [0.29, 0.717) is 24.3 Å². The van der Waals surface area contributed by atoms with E-state index in [1.165, 1.54) is 0 Å². The number of carbonyl (C=O) groups excluding carboxylic acids is 1. The molecule has 2 heterocycles. The second-order valence-corrected chi connectivity index (χ2v) is 5.60. The molecule has 0 aliphatic carbocycles. The van der Waals surface area contributed by atoms with E-state index in [1.54, 1.807) is 30.4 Å². The maximum Gasteiger partial charge on any atom is 0.224 e. The van der Waals surface area contributed by atoms with Gasteiger partial charge in [0.15, 0.2) is 0 Å². The lowest BCUT2D eigenvalue weighted by Gasteiger charge is -2.12. The molecule has 2 aromatic heterocycles. The van der Waals surface area contributed by atoms with Gasteiger partial charge >= 0.3 is 0 Å². The van der Waals surface area contributed by atoms with Crippen molar-refractivity contribution in [2.45, 2.75) is 26.7 Å². The Balaban J connectivity index is 1.72. The topological polar surface area (TPSA) is 95.1 Å². The second-order valence-electron chi connectivity index (χ2n) is 5.60. The van der Waals surface area contributed by atoms with Gasteiger partial charge in [0.05, 0.1) is 24.2 Å². The fourth-order valence-electron chi connectivity index (χ4n) is 2.60. The molecule has 0 unspecified atom stereocenters. The van der Waals surface area contributed by atoms with Crippen LogP contribution in [0.25, 0.3) is 5.69 Å². The second kappa shape index (κ2) is 7.16. The highest BCUT2D eigenvalue weighted by molar-refractivity contribution is 5.92. The number of aromatic nitrogens is 4. The van der Waals surface area contributed by atoms with Crippen molar-refractivity contribution < 1.29 is 14.1 Å². The van der Waals surface area contributed by atoms with Gasteiger partial charge in [0.2, 0.25) is 5.91 Å². The highest BCUT2D eigenvalue weighted by Crippen LogP contribution is 2.27. The third-order valence-corrected chi connectivity index (χ3v) is 3.96. The summed E-state index contributed by atoms with van der Waals surface area (Å²) >= 11 is 0. The van der Waals surface area contributed by atoms with E-state index in [1.807, 2.05) is 26.0 Å². The summed E-state index contributed by atoms with van der Waals surface area (Å²) in [6.45, 7) is 3.72. The first-order valence-electron chi connectivity index (χ1n) is 7.83. The smallest absolute Gasteiger partial charge is 0.224 e. The number of carbonyl (C=O) groups is 1. The Labute approximate surface area is 144 Å². The summed E-state index contributed by atoms with van der Waals surface area (Å²) in [5, 5.41) is 14.4. The lowest BCUT2D eigenvalue weighted by Crippen LogP contribution is -2.13. The highest BCUT2D eigenvalue weighted by Gasteiger charge is 2.13. The molecule has 130 valence electrons. The number of nitrogens with one attached hydrogen (secondary N) is 1. The first-order chi connectivity index (χ1) is 12.1. The molecule has 0 fully saturated rings. The van der Waals surface area contributed by atoms with E-state index in [9.17, 15) is 4.79 Å². The van der Waals surface area contributed by atoms with Gasteiger partial charge in [-0.3, -0.25) is 9.36 Å². The molecule has 25 heavy (non-hydrogen) atoms. The van der Waals surface area contributed by atoms with Crippen molar-refractivity contribution in [1.29, 1.82) is 0 Å². The van der Waals surface area contributed by atoms with Crippen LogP contribution >= 0.6 is 0 Å². The van der Waals surface area contributed by atoms with E-state index >= 15 is 0 Å². The monoisotopic (exact) mass is 341 g/mol. The molecule has 0 spiro atoms. The number of ether oxygens (including phenoxy) is 1. The Kier molecular flexibility index (Phi) is 4.78. The van der Waals surface area contributed by atoms with E-state index in [0.717, 1.165) is 22.7 Å². The number of benzene rings is 1. The molecule has 3 rings (SSSR count). The molecule has 0 bridgehead atoms. The average molecular weight is 341 g/mol. The largest absolute Gasteiger partial charge is 0.495 e. The molecule has 0 saturated carbocycles. The van der Waals surface area contributed by atoms with E-state index in [2.05, 4.69) is 20.7 Å². The molecule has 1 amide bonds. The van der Waals surface area contributed by atoms with Crippen LogP contribution in [0.4, 0.5) is 5.69 Å². The van der Waals surface area contributed by atoms with Crippen LogP contribution in [0.5, 0.6) is 5.75 Å². The van der Waals surface area contributed by atoms with Gasteiger partial charge in [-0.05, 0) is 38.5 Å². The number of nitrogens with zero attached hydrogens (tertiary/aromatic N) is 4. The number of aryl methyl sites for hydroxylation is 2. The van der Waals surface area contributed by atoms with Gasteiger partial charge < -0.3 is 14.6 Å². The molecule has 0 aliphatic rings. The van der Waals surface area contributed by atoms with Crippen LogP contribution in [0.3, 0.4) is 0 Å². The average Bonchev–Trinajstić information content (AvgIpc) is 3.24. The summed E-state index contributed by atoms with van der Waals surface area (Å²) in [7, 11) is 1.56. The SMILES string of the molecule is COc1ccc(-n2cnnc2)cc1NC(=O)CCc1c(C)noc1C. The minimum atomic E-state index is -0.112. The Morgan fingerprint density at radius 2 is 2.04 bits per heavy atom. The van der Waals surface area contributed by atoms with E-state index < -0.39 is 0 Å².